The summed E-state index contributed by atoms with van der Waals surface area (Å²) in [6.45, 7) is 1.74. The molecule has 1 aliphatic heterocycles. The summed E-state index contributed by atoms with van der Waals surface area (Å²) in [6.07, 6.45) is -1.94. The number of nitrogens with one attached hydrogen (secondary N) is 1. The first kappa shape index (κ1) is 14.7. The molecule has 1 heterocycles. The second-order valence-corrected chi connectivity index (χ2v) is 5.73. The summed E-state index contributed by atoms with van der Waals surface area (Å²) < 4.78 is 38.3. The van der Waals surface area contributed by atoms with Crippen LogP contribution in [0.4, 0.5) is 13.2 Å². The number of hydrogen-bond donors (Lipinski definition) is 2. The molecule has 1 saturated heterocycles. The van der Waals surface area contributed by atoms with Crippen LogP contribution in [0.25, 0.3) is 0 Å². The van der Waals surface area contributed by atoms with Gasteiger partial charge in [0.2, 0.25) is 0 Å². The largest absolute Gasteiger partial charge is 0.506 e. The van der Waals surface area contributed by atoms with Crippen molar-refractivity contribution in [2.45, 2.75) is 25.4 Å². The Kier molecular flexibility index (Phi) is 4.40. The van der Waals surface area contributed by atoms with Crippen LogP contribution in [0.1, 0.15) is 24.0 Å². The van der Waals surface area contributed by atoms with Crippen LogP contribution in [-0.4, -0.2) is 18.2 Å². The Morgan fingerprint density at radius 3 is 2.68 bits per heavy atom. The molecule has 2 nitrogen and oxygen atoms in total. The minimum absolute atomic E-state index is 0.0847. The highest BCUT2D eigenvalue weighted by Crippen LogP contribution is 2.38. The average Bonchev–Trinajstić information content (AvgIpc) is 2.34. The Hall–Kier alpha value is -0.750. The third-order valence-electron chi connectivity index (χ3n) is 3.38. The van der Waals surface area contributed by atoms with Gasteiger partial charge in [-0.05, 0) is 71.9 Å². The van der Waals surface area contributed by atoms with Gasteiger partial charge in [0.05, 0.1) is 10.0 Å². The van der Waals surface area contributed by atoms with E-state index >= 15 is 0 Å². The molecule has 0 bridgehead atoms. The summed E-state index contributed by atoms with van der Waals surface area (Å²) in [5, 5.41) is 13.1. The van der Waals surface area contributed by atoms with Crippen LogP contribution in [0, 0.1) is 5.92 Å². The molecule has 2 N–H and O–H groups in total. The van der Waals surface area contributed by atoms with Gasteiger partial charge in [-0.1, -0.05) is 0 Å². The molecule has 0 aromatic heterocycles. The lowest BCUT2D eigenvalue weighted by atomic mass is 9.91. The Morgan fingerprint density at radius 2 is 2.11 bits per heavy atom. The Balaban J connectivity index is 2.25. The monoisotopic (exact) mass is 337 g/mol. The molecule has 1 aromatic carbocycles. The molecule has 1 aliphatic rings. The van der Waals surface area contributed by atoms with Gasteiger partial charge < -0.3 is 10.4 Å². The smallest absolute Gasteiger partial charge is 0.416 e. The van der Waals surface area contributed by atoms with Crippen LogP contribution in [-0.2, 0) is 12.6 Å². The van der Waals surface area contributed by atoms with Crippen molar-refractivity contribution in [1.29, 1.82) is 0 Å². The third-order valence-corrected chi connectivity index (χ3v) is 3.98. The van der Waals surface area contributed by atoms with Gasteiger partial charge in [-0.15, -0.1) is 0 Å². The second-order valence-electron chi connectivity index (χ2n) is 4.88. The number of aromatic hydroxyl groups is 1. The number of phenolic OH excluding ortho intramolecular Hbond substituents is 1. The average molecular weight is 338 g/mol. The van der Waals surface area contributed by atoms with E-state index in [4.69, 9.17) is 0 Å². The molecule has 2 rings (SSSR count). The van der Waals surface area contributed by atoms with Crippen molar-refractivity contribution in [1.82, 2.24) is 5.32 Å². The van der Waals surface area contributed by atoms with Crippen molar-refractivity contribution in [2.75, 3.05) is 13.1 Å². The fourth-order valence-electron chi connectivity index (χ4n) is 2.38. The predicted octanol–water partition coefficient (Wildman–Crippen LogP) is 3.72. The van der Waals surface area contributed by atoms with Crippen molar-refractivity contribution in [3.05, 3.63) is 27.7 Å². The van der Waals surface area contributed by atoms with Gasteiger partial charge in [0.25, 0.3) is 0 Å². The lowest BCUT2D eigenvalue weighted by Gasteiger charge is -2.23. The van der Waals surface area contributed by atoms with Crippen molar-refractivity contribution >= 4 is 15.9 Å². The number of phenols is 1. The summed E-state index contributed by atoms with van der Waals surface area (Å²) >= 11 is 2.99. The molecular weight excluding hydrogens is 323 g/mol. The number of halogens is 4. The Bertz CT molecular complexity index is 456. The fourth-order valence-corrected chi connectivity index (χ4v) is 2.89. The van der Waals surface area contributed by atoms with E-state index < -0.39 is 11.7 Å². The van der Waals surface area contributed by atoms with Crippen molar-refractivity contribution in [2.24, 2.45) is 5.92 Å². The maximum atomic E-state index is 12.7. The molecule has 1 fully saturated rings. The van der Waals surface area contributed by atoms with E-state index in [2.05, 4.69) is 21.2 Å². The molecule has 6 heteroatoms. The molecule has 0 saturated carbocycles. The SMILES string of the molecule is Oc1c(Br)cc(C(F)(F)F)cc1CC1CCCNC1. The molecule has 0 radical (unpaired) electrons. The van der Waals surface area contributed by atoms with Gasteiger partial charge in [-0.2, -0.15) is 13.2 Å². The number of hydrogen-bond acceptors (Lipinski definition) is 2. The second kappa shape index (κ2) is 5.71. The zero-order chi connectivity index (χ0) is 14.0. The van der Waals surface area contributed by atoms with Gasteiger partial charge in [-0.3, -0.25) is 0 Å². The number of rotatable bonds is 2. The third kappa shape index (κ3) is 3.63. The van der Waals surface area contributed by atoms with E-state index in [1.165, 1.54) is 0 Å². The standard InChI is InChI=1S/C13H15BrF3NO/c14-11-6-10(13(15,16)17)5-9(12(11)19)4-8-2-1-3-18-7-8/h5-6,8,18-19H,1-4,7H2. The highest BCUT2D eigenvalue weighted by atomic mass is 79.9. The first-order valence-electron chi connectivity index (χ1n) is 6.17. The molecule has 1 atom stereocenters. The minimum atomic E-state index is -4.39. The zero-order valence-electron chi connectivity index (χ0n) is 10.2. The zero-order valence-corrected chi connectivity index (χ0v) is 11.8. The van der Waals surface area contributed by atoms with Crippen LogP contribution in [0.3, 0.4) is 0 Å². The van der Waals surface area contributed by atoms with E-state index in [1.807, 2.05) is 0 Å². The topological polar surface area (TPSA) is 32.3 Å². The minimum Gasteiger partial charge on any atom is -0.506 e. The molecular formula is C13H15BrF3NO. The highest BCUT2D eigenvalue weighted by Gasteiger charge is 2.32. The van der Waals surface area contributed by atoms with Crippen molar-refractivity contribution < 1.29 is 18.3 Å². The van der Waals surface area contributed by atoms with Crippen LogP contribution >= 0.6 is 15.9 Å². The van der Waals surface area contributed by atoms with Gasteiger partial charge >= 0.3 is 6.18 Å². The number of alkyl halides is 3. The molecule has 0 aliphatic carbocycles. The normalized spacial score (nSPS) is 20.5. The summed E-state index contributed by atoms with van der Waals surface area (Å²) in [4.78, 5) is 0. The number of piperidine rings is 1. The fraction of sp³-hybridized carbons (Fsp3) is 0.538. The number of benzene rings is 1. The van der Waals surface area contributed by atoms with Crippen LogP contribution < -0.4 is 5.32 Å². The predicted molar refractivity (Wildman–Crippen MR) is 70.1 cm³/mol. The Labute approximate surface area is 118 Å². The summed E-state index contributed by atoms with van der Waals surface area (Å²) in [5.74, 6) is 0.189. The summed E-state index contributed by atoms with van der Waals surface area (Å²) in [6, 6.07) is 1.96. The van der Waals surface area contributed by atoms with Crippen LogP contribution in [0.2, 0.25) is 0 Å². The molecule has 0 amide bonds. The highest BCUT2D eigenvalue weighted by molar-refractivity contribution is 9.10. The van der Waals surface area contributed by atoms with Gasteiger partial charge in [0.1, 0.15) is 5.75 Å². The lowest BCUT2D eigenvalue weighted by molar-refractivity contribution is -0.137. The maximum Gasteiger partial charge on any atom is 0.416 e. The first-order valence-corrected chi connectivity index (χ1v) is 6.96. The van der Waals surface area contributed by atoms with Gasteiger partial charge in [-0.25, -0.2) is 0 Å². The lowest BCUT2D eigenvalue weighted by Crippen LogP contribution is -2.30. The van der Waals surface area contributed by atoms with Crippen molar-refractivity contribution in [3.63, 3.8) is 0 Å². The van der Waals surface area contributed by atoms with E-state index in [-0.39, 0.29) is 16.1 Å². The first-order chi connectivity index (χ1) is 8.88. The van der Waals surface area contributed by atoms with Gasteiger partial charge in [0, 0.05) is 0 Å². The van der Waals surface area contributed by atoms with E-state index in [9.17, 15) is 18.3 Å². The molecule has 19 heavy (non-hydrogen) atoms. The maximum absolute atomic E-state index is 12.7. The van der Waals surface area contributed by atoms with Crippen LogP contribution in [0.15, 0.2) is 16.6 Å². The Morgan fingerprint density at radius 1 is 1.37 bits per heavy atom. The summed E-state index contributed by atoms with van der Waals surface area (Å²) in [5.41, 5.74) is -0.369. The van der Waals surface area contributed by atoms with Crippen LogP contribution in [0.5, 0.6) is 5.75 Å². The van der Waals surface area contributed by atoms with Crippen molar-refractivity contribution in [3.8, 4) is 5.75 Å². The molecule has 0 spiro atoms. The summed E-state index contributed by atoms with van der Waals surface area (Å²) in [7, 11) is 0. The van der Waals surface area contributed by atoms with Gasteiger partial charge in [0.15, 0.2) is 0 Å². The van der Waals surface area contributed by atoms with E-state index in [1.54, 1.807) is 0 Å². The molecule has 1 unspecified atom stereocenters. The van der Waals surface area contributed by atoms with E-state index in [0.717, 1.165) is 38.1 Å². The molecule has 1 aromatic rings. The molecule has 106 valence electrons. The quantitative estimate of drug-likeness (QED) is 0.862. The van der Waals surface area contributed by atoms with E-state index in [0.29, 0.717) is 12.0 Å².